The molecular formula is C29H34N4O5S. The molecule has 1 aliphatic rings. The van der Waals surface area contributed by atoms with Crippen LogP contribution in [0.2, 0.25) is 0 Å². The van der Waals surface area contributed by atoms with Crippen molar-refractivity contribution in [3.8, 4) is 16.3 Å². The van der Waals surface area contributed by atoms with Gasteiger partial charge in [0.25, 0.3) is 5.91 Å². The summed E-state index contributed by atoms with van der Waals surface area (Å²) >= 11 is 1.55. The summed E-state index contributed by atoms with van der Waals surface area (Å²) in [5.74, 6) is -0.237. The standard InChI is InChI=1S/C29H34N4O5S/c1-5-37-24-12-11-21(32-26(35)23-10-7-14-33(23)28(36)38-29(2,3)4)17-22(24)25(34)31-18-19-8-6-9-20(16-19)27-30-13-15-39-27/h6,8-9,11-13,15-17,23H,5,7,10,14,18H2,1-4H3,(H,31,34)(H,32,35). The van der Waals surface area contributed by atoms with Gasteiger partial charge in [-0.25, -0.2) is 9.78 Å². The molecule has 10 heteroatoms. The lowest BCUT2D eigenvalue weighted by Gasteiger charge is -2.28. The third-order valence-electron chi connectivity index (χ3n) is 6.03. The number of benzene rings is 2. The van der Waals surface area contributed by atoms with Crippen LogP contribution in [0.3, 0.4) is 0 Å². The number of rotatable bonds is 8. The average Bonchev–Trinajstić information content (AvgIpc) is 3.60. The number of hydrogen-bond acceptors (Lipinski definition) is 7. The largest absolute Gasteiger partial charge is 0.493 e. The summed E-state index contributed by atoms with van der Waals surface area (Å²) < 4.78 is 11.2. The average molecular weight is 551 g/mol. The lowest BCUT2D eigenvalue weighted by atomic mass is 10.1. The van der Waals surface area contributed by atoms with Crippen molar-refractivity contribution in [2.24, 2.45) is 0 Å². The van der Waals surface area contributed by atoms with Gasteiger partial charge in [0, 0.05) is 35.9 Å². The zero-order valence-electron chi connectivity index (χ0n) is 22.7. The van der Waals surface area contributed by atoms with E-state index >= 15 is 0 Å². The fourth-order valence-electron chi connectivity index (χ4n) is 4.33. The maximum Gasteiger partial charge on any atom is 0.410 e. The molecule has 0 spiro atoms. The second-order valence-corrected chi connectivity index (χ2v) is 11.1. The number of anilines is 1. The van der Waals surface area contributed by atoms with Crippen molar-refractivity contribution in [1.29, 1.82) is 0 Å². The molecule has 0 bridgehead atoms. The van der Waals surface area contributed by atoms with Crippen LogP contribution in [0, 0.1) is 0 Å². The van der Waals surface area contributed by atoms with Gasteiger partial charge in [-0.2, -0.15) is 0 Å². The Morgan fingerprint density at radius 2 is 1.97 bits per heavy atom. The van der Waals surface area contributed by atoms with Crippen LogP contribution in [0.4, 0.5) is 10.5 Å². The second-order valence-electron chi connectivity index (χ2n) is 10.2. The van der Waals surface area contributed by atoms with Crippen LogP contribution in [0.15, 0.2) is 54.0 Å². The van der Waals surface area contributed by atoms with E-state index in [9.17, 15) is 14.4 Å². The highest BCUT2D eigenvalue weighted by atomic mass is 32.1. The van der Waals surface area contributed by atoms with Crippen molar-refractivity contribution in [3.63, 3.8) is 0 Å². The number of thiazole rings is 1. The molecule has 2 aromatic carbocycles. The number of hydrogen-bond donors (Lipinski definition) is 2. The molecule has 1 atom stereocenters. The number of ether oxygens (including phenoxy) is 2. The summed E-state index contributed by atoms with van der Waals surface area (Å²) in [5, 5.41) is 8.65. The lowest BCUT2D eigenvalue weighted by molar-refractivity contribution is -0.120. The molecule has 2 heterocycles. The molecule has 0 saturated carbocycles. The molecule has 1 fully saturated rings. The highest BCUT2D eigenvalue weighted by molar-refractivity contribution is 7.13. The first kappa shape index (κ1) is 28.1. The Bertz CT molecular complexity index is 1320. The minimum absolute atomic E-state index is 0.307. The van der Waals surface area contributed by atoms with Crippen LogP contribution in [-0.4, -0.2) is 52.6 Å². The van der Waals surface area contributed by atoms with E-state index in [0.29, 0.717) is 49.5 Å². The zero-order valence-corrected chi connectivity index (χ0v) is 23.5. The highest BCUT2D eigenvalue weighted by Gasteiger charge is 2.36. The smallest absolute Gasteiger partial charge is 0.410 e. The maximum absolute atomic E-state index is 13.2. The monoisotopic (exact) mass is 550 g/mol. The number of carbonyl (C=O) groups is 3. The van der Waals surface area contributed by atoms with Gasteiger partial charge in [0.05, 0.1) is 12.2 Å². The highest BCUT2D eigenvalue weighted by Crippen LogP contribution is 2.26. The third kappa shape index (κ3) is 7.35. The minimum Gasteiger partial charge on any atom is -0.493 e. The van der Waals surface area contributed by atoms with Crippen molar-refractivity contribution in [1.82, 2.24) is 15.2 Å². The van der Waals surface area contributed by atoms with E-state index in [1.165, 1.54) is 4.90 Å². The number of carbonyl (C=O) groups excluding carboxylic acids is 3. The Kier molecular flexibility index (Phi) is 8.86. The predicted octanol–water partition coefficient (Wildman–Crippen LogP) is 5.48. The summed E-state index contributed by atoms with van der Waals surface area (Å²) in [6, 6.07) is 12.2. The van der Waals surface area contributed by atoms with E-state index in [4.69, 9.17) is 9.47 Å². The lowest BCUT2D eigenvalue weighted by Crippen LogP contribution is -2.45. The molecule has 206 valence electrons. The van der Waals surface area contributed by atoms with E-state index < -0.39 is 17.7 Å². The Morgan fingerprint density at radius 1 is 1.15 bits per heavy atom. The molecule has 1 unspecified atom stereocenters. The van der Waals surface area contributed by atoms with Gasteiger partial charge >= 0.3 is 6.09 Å². The molecular weight excluding hydrogens is 516 g/mol. The van der Waals surface area contributed by atoms with E-state index in [1.807, 2.05) is 36.6 Å². The molecule has 39 heavy (non-hydrogen) atoms. The molecule has 0 aliphatic carbocycles. The Morgan fingerprint density at radius 3 is 2.69 bits per heavy atom. The van der Waals surface area contributed by atoms with Crippen molar-refractivity contribution < 1.29 is 23.9 Å². The second kappa shape index (κ2) is 12.3. The van der Waals surface area contributed by atoms with E-state index in [0.717, 1.165) is 16.1 Å². The van der Waals surface area contributed by atoms with Crippen LogP contribution in [0.5, 0.6) is 5.75 Å². The molecule has 1 saturated heterocycles. The Labute approximate surface area is 232 Å². The van der Waals surface area contributed by atoms with Crippen molar-refractivity contribution in [2.75, 3.05) is 18.5 Å². The van der Waals surface area contributed by atoms with Gasteiger partial charge in [-0.15, -0.1) is 11.3 Å². The van der Waals surface area contributed by atoms with E-state index in [2.05, 4.69) is 15.6 Å². The summed E-state index contributed by atoms with van der Waals surface area (Å²) in [5.41, 5.74) is 2.02. The van der Waals surface area contributed by atoms with Crippen LogP contribution in [0.25, 0.3) is 10.6 Å². The van der Waals surface area contributed by atoms with Crippen molar-refractivity contribution >= 4 is 34.9 Å². The number of aromatic nitrogens is 1. The Hall–Kier alpha value is -3.92. The first-order valence-electron chi connectivity index (χ1n) is 13.0. The summed E-state index contributed by atoms with van der Waals surface area (Å²) in [4.78, 5) is 44.8. The summed E-state index contributed by atoms with van der Waals surface area (Å²) in [7, 11) is 0. The molecule has 3 amide bonds. The van der Waals surface area contributed by atoms with Crippen LogP contribution >= 0.6 is 11.3 Å². The van der Waals surface area contributed by atoms with Gasteiger partial charge in [0.15, 0.2) is 0 Å². The molecule has 1 aromatic heterocycles. The zero-order chi connectivity index (χ0) is 28.0. The van der Waals surface area contributed by atoms with Crippen LogP contribution in [-0.2, 0) is 16.1 Å². The Balaban J connectivity index is 1.45. The van der Waals surface area contributed by atoms with Gasteiger partial charge in [0.2, 0.25) is 5.91 Å². The first-order chi connectivity index (χ1) is 18.6. The summed E-state index contributed by atoms with van der Waals surface area (Å²) in [6.07, 6.45) is 2.50. The SMILES string of the molecule is CCOc1ccc(NC(=O)C2CCCN2C(=O)OC(C)(C)C)cc1C(=O)NCc1cccc(-c2nccs2)c1. The normalized spacial score (nSPS) is 15.1. The van der Waals surface area contributed by atoms with Crippen molar-refractivity contribution in [3.05, 3.63) is 65.2 Å². The minimum atomic E-state index is -0.653. The van der Waals surface area contributed by atoms with Gasteiger partial charge < -0.3 is 20.1 Å². The molecule has 2 N–H and O–H groups in total. The predicted molar refractivity (Wildman–Crippen MR) is 151 cm³/mol. The maximum atomic E-state index is 13.2. The quantitative estimate of drug-likeness (QED) is 0.385. The van der Waals surface area contributed by atoms with Gasteiger partial charge in [0.1, 0.15) is 22.4 Å². The third-order valence-corrected chi connectivity index (χ3v) is 6.86. The topological polar surface area (TPSA) is 110 Å². The van der Waals surface area contributed by atoms with Gasteiger partial charge in [-0.05, 0) is 70.4 Å². The molecule has 9 nitrogen and oxygen atoms in total. The number of likely N-dealkylation sites (tertiary alicyclic amines) is 1. The van der Waals surface area contributed by atoms with Crippen molar-refractivity contribution in [2.45, 2.75) is 58.7 Å². The number of amides is 3. The fourth-order valence-corrected chi connectivity index (χ4v) is 4.96. The molecule has 1 aliphatic heterocycles. The first-order valence-corrected chi connectivity index (χ1v) is 13.9. The van der Waals surface area contributed by atoms with E-state index in [1.54, 1.807) is 56.5 Å². The van der Waals surface area contributed by atoms with Gasteiger partial charge in [-0.3, -0.25) is 14.5 Å². The molecule has 3 aromatic rings. The van der Waals surface area contributed by atoms with Crippen LogP contribution < -0.4 is 15.4 Å². The summed E-state index contributed by atoms with van der Waals surface area (Å²) in [6.45, 7) is 8.36. The molecule has 4 rings (SSSR count). The molecule has 0 radical (unpaired) electrons. The van der Waals surface area contributed by atoms with Crippen LogP contribution in [0.1, 0.15) is 56.5 Å². The number of nitrogens with zero attached hydrogens (tertiary/aromatic N) is 2. The van der Waals surface area contributed by atoms with Gasteiger partial charge in [-0.1, -0.05) is 18.2 Å². The fraction of sp³-hybridized carbons (Fsp3) is 0.379. The number of nitrogens with one attached hydrogen (secondary N) is 2. The van der Waals surface area contributed by atoms with E-state index in [-0.39, 0.29) is 11.8 Å².